The Kier molecular flexibility index (Phi) is 5.28. The van der Waals surface area contributed by atoms with E-state index in [1.165, 1.54) is 0 Å². The number of aryl methyl sites for hydroxylation is 2. The molecule has 0 aliphatic heterocycles. The van der Waals surface area contributed by atoms with Crippen molar-refractivity contribution in [2.45, 2.75) is 34.2 Å². The van der Waals surface area contributed by atoms with Gasteiger partial charge in [-0.1, -0.05) is 13.8 Å². The molecule has 0 unspecified atom stereocenters. The zero-order chi connectivity index (χ0) is 15.2. The van der Waals surface area contributed by atoms with E-state index in [0.29, 0.717) is 5.92 Å². The van der Waals surface area contributed by atoms with Gasteiger partial charge < -0.3 is 10.1 Å². The van der Waals surface area contributed by atoms with Crippen LogP contribution in [0.3, 0.4) is 0 Å². The first kappa shape index (κ1) is 15.4. The first-order valence-corrected chi connectivity index (χ1v) is 7.31. The molecular weight excluding hydrogens is 262 g/mol. The highest BCUT2D eigenvalue weighted by molar-refractivity contribution is 5.37. The summed E-state index contributed by atoms with van der Waals surface area (Å²) in [6, 6.07) is 5.84. The molecule has 0 aliphatic carbocycles. The SMILES string of the molecule is Cc1ccc(Oc2cc(C)ncc2CNCC(C)C)cn1. The predicted octanol–water partition coefficient (Wildman–Crippen LogP) is 3.63. The maximum atomic E-state index is 5.96. The van der Waals surface area contributed by atoms with Gasteiger partial charge in [0.15, 0.2) is 0 Å². The molecule has 0 atom stereocenters. The van der Waals surface area contributed by atoms with Crippen molar-refractivity contribution in [3.05, 3.63) is 47.5 Å². The second-order valence-electron chi connectivity index (χ2n) is 5.70. The lowest BCUT2D eigenvalue weighted by Crippen LogP contribution is -2.19. The Morgan fingerprint density at radius 1 is 1.10 bits per heavy atom. The van der Waals surface area contributed by atoms with Crippen molar-refractivity contribution < 1.29 is 4.74 Å². The van der Waals surface area contributed by atoms with Crippen molar-refractivity contribution in [1.82, 2.24) is 15.3 Å². The van der Waals surface area contributed by atoms with Crippen molar-refractivity contribution in [2.75, 3.05) is 6.54 Å². The minimum absolute atomic E-state index is 0.620. The fraction of sp³-hybridized carbons (Fsp3) is 0.412. The Morgan fingerprint density at radius 2 is 1.86 bits per heavy atom. The monoisotopic (exact) mass is 285 g/mol. The molecule has 0 amide bonds. The lowest BCUT2D eigenvalue weighted by molar-refractivity contribution is 0.465. The third-order valence-corrected chi connectivity index (χ3v) is 3.06. The van der Waals surface area contributed by atoms with Crippen LogP contribution >= 0.6 is 0 Å². The zero-order valence-electron chi connectivity index (χ0n) is 13.2. The van der Waals surface area contributed by atoms with Gasteiger partial charge in [0.2, 0.25) is 0 Å². The third-order valence-electron chi connectivity index (χ3n) is 3.06. The van der Waals surface area contributed by atoms with Crippen LogP contribution in [0.5, 0.6) is 11.5 Å². The molecule has 1 N–H and O–H groups in total. The Bertz CT molecular complexity index is 579. The van der Waals surface area contributed by atoms with Gasteiger partial charge in [-0.05, 0) is 38.4 Å². The number of hydrogen-bond acceptors (Lipinski definition) is 4. The standard InChI is InChI=1S/C17H23N3O/c1-12(2)8-18-9-15-10-19-14(4)7-17(15)21-16-6-5-13(3)20-11-16/h5-7,10-12,18H,8-9H2,1-4H3. The van der Waals surface area contributed by atoms with Gasteiger partial charge >= 0.3 is 0 Å². The summed E-state index contributed by atoms with van der Waals surface area (Å²) in [7, 11) is 0. The highest BCUT2D eigenvalue weighted by atomic mass is 16.5. The topological polar surface area (TPSA) is 47.0 Å². The Morgan fingerprint density at radius 3 is 2.52 bits per heavy atom. The van der Waals surface area contributed by atoms with E-state index >= 15 is 0 Å². The molecule has 0 bridgehead atoms. The number of nitrogens with one attached hydrogen (secondary N) is 1. The highest BCUT2D eigenvalue weighted by Crippen LogP contribution is 2.25. The van der Waals surface area contributed by atoms with Crippen LogP contribution in [0.25, 0.3) is 0 Å². The number of aromatic nitrogens is 2. The van der Waals surface area contributed by atoms with Crippen molar-refractivity contribution in [2.24, 2.45) is 5.92 Å². The number of hydrogen-bond donors (Lipinski definition) is 1. The zero-order valence-corrected chi connectivity index (χ0v) is 13.2. The Labute approximate surface area is 126 Å². The Balaban J connectivity index is 2.12. The van der Waals surface area contributed by atoms with E-state index in [2.05, 4.69) is 29.1 Å². The number of nitrogens with zero attached hydrogens (tertiary/aromatic N) is 2. The molecule has 4 nitrogen and oxygen atoms in total. The fourth-order valence-corrected chi connectivity index (χ4v) is 1.93. The average molecular weight is 285 g/mol. The third kappa shape index (κ3) is 4.83. The fourth-order valence-electron chi connectivity index (χ4n) is 1.93. The van der Waals surface area contributed by atoms with E-state index in [4.69, 9.17) is 4.74 Å². The summed E-state index contributed by atoms with van der Waals surface area (Å²) in [6.45, 7) is 10.0. The molecule has 2 aromatic rings. The molecule has 112 valence electrons. The summed E-state index contributed by atoms with van der Waals surface area (Å²) < 4.78 is 5.96. The molecule has 0 fully saturated rings. The average Bonchev–Trinajstić information content (AvgIpc) is 2.43. The van der Waals surface area contributed by atoms with Gasteiger partial charge in [-0.2, -0.15) is 0 Å². The van der Waals surface area contributed by atoms with Gasteiger partial charge in [0.25, 0.3) is 0 Å². The predicted molar refractivity (Wildman–Crippen MR) is 84.6 cm³/mol. The van der Waals surface area contributed by atoms with Gasteiger partial charge in [0, 0.05) is 35.8 Å². The minimum atomic E-state index is 0.620. The number of pyridine rings is 2. The van der Waals surface area contributed by atoms with Crippen LogP contribution < -0.4 is 10.1 Å². The normalized spacial score (nSPS) is 10.9. The van der Waals surface area contributed by atoms with E-state index in [9.17, 15) is 0 Å². The van der Waals surface area contributed by atoms with E-state index in [1.807, 2.05) is 38.2 Å². The maximum Gasteiger partial charge on any atom is 0.145 e. The van der Waals surface area contributed by atoms with Crippen molar-refractivity contribution in [3.63, 3.8) is 0 Å². The molecule has 0 aromatic carbocycles. The Hall–Kier alpha value is -1.94. The van der Waals surface area contributed by atoms with Crippen LogP contribution in [-0.4, -0.2) is 16.5 Å². The first-order valence-electron chi connectivity index (χ1n) is 7.31. The maximum absolute atomic E-state index is 5.96. The molecule has 21 heavy (non-hydrogen) atoms. The van der Waals surface area contributed by atoms with Gasteiger partial charge in [-0.3, -0.25) is 9.97 Å². The van der Waals surface area contributed by atoms with Crippen molar-refractivity contribution in [1.29, 1.82) is 0 Å². The quantitative estimate of drug-likeness (QED) is 0.880. The summed E-state index contributed by atoms with van der Waals surface area (Å²) in [5.41, 5.74) is 2.98. The molecule has 2 aromatic heterocycles. The molecule has 2 rings (SSSR count). The second-order valence-corrected chi connectivity index (χ2v) is 5.70. The van der Waals surface area contributed by atoms with E-state index in [-0.39, 0.29) is 0 Å². The lowest BCUT2D eigenvalue weighted by atomic mass is 10.2. The van der Waals surface area contributed by atoms with Gasteiger partial charge in [-0.25, -0.2) is 0 Å². The first-order chi connectivity index (χ1) is 10.0. The minimum Gasteiger partial charge on any atom is -0.455 e. The second kappa shape index (κ2) is 7.18. The molecule has 0 spiro atoms. The van der Waals surface area contributed by atoms with E-state index in [0.717, 1.165) is 41.5 Å². The van der Waals surface area contributed by atoms with Crippen LogP contribution in [0.4, 0.5) is 0 Å². The summed E-state index contributed by atoms with van der Waals surface area (Å²) in [5.74, 6) is 2.20. The van der Waals surface area contributed by atoms with Crippen LogP contribution in [0.15, 0.2) is 30.6 Å². The van der Waals surface area contributed by atoms with Crippen molar-refractivity contribution in [3.8, 4) is 11.5 Å². The van der Waals surface area contributed by atoms with Crippen molar-refractivity contribution >= 4 is 0 Å². The summed E-state index contributed by atoms with van der Waals surface area (Å²) in [5, 5.41) is 3.42. The van der Waals surface area contributed by atoms with Crippen LogP contribution in [0, 0.1) is 19.8 Å². The summed E-state index contributed by atoms with van der Waals surface area (Å²) >= 11 is 0. The van der Waals surface area contributed by atoms with Gasteiger partial charge in [0.1, 0.15) is 11.5 Å². The molecule has 0 saturated heterocycles. The molecule has 0 radical (unpaired) electrons. The van der Waals surface area contributed by atoms with E-state index < -0.39 is 0 Å². The van der Waals surface area contributed by atoms with Crippen LogP contribution in [0.1, 0.15) is 30.8 Å². The number of ether oxygens (including phenoxy) is 1. The van der Waals surface area contributed by atoms with E-state index in [1.54, 1.807) is 6.20 Å². The smallest absolute Gasteiger partial charge is 0.145 e. The van der Waals surface area contributed by atoms with Gasteiger partial charge in [0.05, 0.1) is 6.20 Å². The highest BCUT2D eigenvalue weighted by Gasteiger charge is 2.07. The van der Waals surface area contributed by atoms with Crippen LogP contribution in [-0.2, 0) is 6.54 Å². The lowest BCUT2D eigenvalue weighted by Gasteiger charge is -2.13. The largest absolute Gasteiger partial charge is 0.455 e. The summed E-state index contributed by atoms with van der Waals surface area (Å²) in [6.07, 6.45) is 3.62. The molecule has 0 aliphatic rings. The molecule has 0 saturated carbocycles. The molecular formula is C17H23N3O. The van der Waals surface area contributed by atoms with Gasteiger partial charge in [-0.15, -0.1) is 0 Å². The van der Waals surface area contributed by atoms with Crippen LogP contribution in [0.2, 0.25) is 0 Å². The summed E-state index contributed by atoms with van der Waals surface area (Å²) in [4.78, 5) is 8.61. The number of rotatable bonds is 6. The molecule has 4 heteroatoms. The molecule has 2 heterocycles.